The molecule has 2 aromatic carbocycles. The molecule has 2 N–H and O–H groups in total. The number of aromatic nitrogens is 3. The van der Waals surface area contributed by atoms with E-state index in [-0.39, 0.29) is 30.0 Å². The van der Waals surface area contributed by atoms with E-state index < -0.39 is 0 Å². The van der Waals surface area contributed by atoms with Crippen molar-refractivity contribution in [2.24, 2.45) is 0 Å². The molecule has 8 rings (SSSR count). The standard InChI is InChI=1S/C40H44ClN9O4/c41-33-24-31(7-4-26(33)25-42)54-30-8-5-27(6-9-30)43-39(52)34-10-11-37(46-45-34)48-20-12-28(13-21-48)47-18-14-29(15-19-47)49-22-16-32-35(49)2-1-3-36(32)50-23-17-38(51)44-40(50)53/h1-4,7,10-11,16,22,24,27-30H,5-6,8-9,12-15,17-21,23H2,(H,43,52)(H,44,51,53)/t27-,30-. The highest BCUT2D eigenvalue weighted by atomic mass is 35.5. The van der Waals surface area contributed by atoms with Gasteiger partial charge in [0.05, 0.1) is 27.9 Å². The predicted molar refractivity (Wildman–Crippen MR) is 205 cm³/mol. The van der Waals surface area contributed by atoms with Crippen molar-refractivity contribution in [1.82, 2.24) is 30.3 Å². The number of hydrogen-bond donors (Lipinski definition) is 2. The van der Waals surface area contributed by atoms with Crippen LogP contribution in [0.2, 0.25) is 5.02 Å². The van der Waals surface area contributed by atoms with Crippen LogP contribution in [0.1, 0.15) is 79.9 Å². The molecule has 0 radical (unpaired) electrons. The molecule has 3 aliphatic heterocycles. The number of carbonyl (C=O) groups excluding carboxylic acids is 3. The fourth-order valence-corrected chi connectivity index (χ4v) is 8.77. The molecule has 4 fully saturated rings. The Morgan fingerprint density at radius 3 is 2.37 bits per heavy atom. The molecule has 14 heteroatoms. The van der Waals surface area contributed by atoms with Crippen LogP contribution in [0, 0.1) is 11.3 Å². The molecule has 4 aromatic rings. The number of benzene rings is 2. The SMILES string of the molecule is N#Cc1ccc(O[C@H]2CC[C@H](NC(=O)c3ccc(N4CCC(N5CCC(n6ccc7c(N8CCC(=O)NC8=O)cccc76)CC5)CC4)nn3)CC2)cc1Cl. The van der Waals surface area contributed by atoms with Crippen LogP contribution in [0.3, 0.4) is 0 Å². The predicted octanol–water partition coefficient (Wildman–Crippen LogP) is 5.83. The minimum absolute atomic E-state index is 0.0325. The summed E-state index contributed by atoms with van der Waals surface area (Å²) in [5, 5.41) is 24.8. The molecule has 1 saturated carbocycles. The molecule has 4 aliphatic rings. The summed E-state index contributed by atoms with van der Waals surface area (Å²) in [4.78, 5) is 43.8. The van der Waals surface area contributed by atoms with Crippen LogP contribution >= 0.6 is 11.6 Å². The lowest BCUT2D eigenvalue weighted by atomic mass is 9.93. The fraction of sp³-hybridized carbons (Fsp3) is 0.450. The van der Waals surface area contributed by atoms with Crippen LogP contribution in [0.5, 0.6) is 5.75 Å². The van der Waals surface area contributed by atoms with Crippen molar-refractivity contribution in [2.45, 2.75) is 82.0 Å². The number of nitrogens with zero attached hydrogens (tertiary/aromatic N) is 7. The second-order valence-corrected chi connectivity index (χ2v) is 15.2. The number of carbonyl (C=O) groups is 3. The lowest BCUT2D eigenvalue weighted by Crippen LogP contribution is -2.49. The molecular formula is C40H44ClN9O4. The highest BCUT2D eigenvalue weighted by Crippen LogP contribution is 2.35. The van der Waals surface area contributed by atoms with Crippen molar-refractivity contribution >= 4 is 51.9 Å². The molecule has 13 nitrogen and oxygen atoms in total. The van der Waals surface area contributed by atoms with Crippen LogP contribution in [0.15, 0.2) is 60.8 Å². The monoisotopic (exact) mass is 749 g/mol. The largest absolute Gasteiger partial charge is 0.490 e. The lowest BCUT2D eigenvalue weighted by Gasteiger charge is -2.42. The van der Waals surface area contributed by atoms with Crippen LogP contribution < -0.4 is 25.2 Å². The van der Waals surface area contributed by atoms with E-state index >= 15 is 0 Å². The summed E-state index contributed by atoms with van der Waals surface area (Å²) in [6.45, 7) is 4.25. The Kier molecular flexibility index (Phi) is 10.4. The molecule has 3 saturated heterocycles. The topological polar surface area (TPSA) is 149 Å². The Morgan fingerprint density at radius 2 is 1.67 bits per heavy atom. The smallest absolute Gasteiger partial charge is 0.328 e. The second-order valence-electron chi connectivity index (χ2n) is 14.8. The number of anilines is 2. The number of nitriles is 1. The van der Waals surface area contributed by atoms with E-state index in [1.165, 1.54) is 0 Å². The summed E-state index contributed by atoms with van der Waals surface area (Å²) in [5.74, 6) is 1.02. The van der Waals surface area contributed by atoms with Crippen molar-refractivity contribution in [3.8, 4) is 11.8 Å². The number of imide groups is 1. The lowest BCUT2D eigenvalue weighted by molar-refractivity contribution is -0.120. The summed E-state index contributed by atoms with van der Waals surface area (Å²) < 4.78 is 8.45. The third-order valence-corrected chi connectivity index (χ3v) is 11.9. The number of likely N-dealkylation sites (tertiary alicyclic amines) is 1. The van der Waals surface area contributed by atoms with Gasteiger partial charge in [-0.15, -0.1) is 10.2 Å². The number of hydrogen-bond acceptors (Lipinski definition) is 9. The van der Waals surface area contributed by atoms with E-state index in [0.717, 1.165) is 100.0 Å². The normalized spacial score (nSPS) is 21.9. The van der Waals surface area contributed by atoms with Gasteiger partial charge < -0.3 is 24.4 Å². The maximum Gasteiger partial charge on any atom is 0.328 e. The van der Waals surface area contributed by atoms with Crippen molar-refractivity contribution in [3.63, 3.8) is 0 Å². The number of ether oxygens (including phenoxy) is 1. The summed E-state index contributed by atoms with van der Waals surface area (Å²) >= 11 is 6.15. The zero-order valence-electron chi connectivity index (χ0n) is 30.1. The Morgan fingerprint density at radius 1 is 0.889 bits per heavy atom. The molecule has 5 heterocycles. The van der Waals surface area contributed by atoms with Gasteiger partial charge in [-0.2, -0.15) is 5.26 Å². The molecule has 280 valence electrons. The van der Waals surface area contributed by atoms with E-state index in [1.807, 2.05) is 18.2 Å². The first kappa shape index (κ1) is 35.8. The first-order chi connectivity index (χ1) is 26.3. The summed E-state index contributed by atoms with van der Waals surface area (Å²) in [5.41, 5.74) is 2.71. The van der Waals surface area contributed by atoms with Crippen molar-refractivity contribution in [2.75, 3.05) is 42.5 Å². The number of rotatable bonds is 8. The van der Waals surface area contributed by atoms with Crippen molar-refractivity contribution < 1.29 is 19.1 Å². The Balaban J connectivity index is 0.781. The number of amides is 4. The van der Waals surface area contributed by atoms with Gasteiger partial charge in [-0.05, 0) is 93.8 Å². The van der Waals surface area contributed by atoms with E-state index in [9.17, 15) is 14.4 Å². The number of halogens is 1. The van der Waals surface area contributed by atoms with E-state index in [4.69, 9.17) is 21.6 Å². The van der Waals surface area contributed by atoms with Gasteiger partial charge in [0.25, 0.3) is 5.91 Å². The third-order valence-electron chi connectivity index (χ3n) is 11.5. The molecular weight excluding hydrogens is 706 g/mol. The highest BCUT2D eigenvalue weighted by molar-refractivity contribution is 6.31. The third kappa shape index (κ3) is 7.58. The number of piperidine rings is 2. The van der Waals surface area contributed by atoms with E-state index in [2.05, 4.69) is 59.6 Å². The van der Waals surface area contributed by atoms with Crippen LogP contribution in [0.25, 0.3) is 10.9 Å². The average molecular weight is 750 g/mol. The van der Waals surface area contributed by atoms with Gasteiger partial charge in [0.15, 0.2) is 11.5 Å². The fourth-order valence-electron chi connectivity index (χ4n) is 8.56. The molecule has 0 spiro atoms. The van der Waals surface area contributed by atoms with E-state index in [1.54, 1.807) is 29.2 Å². The van der Waals surface area contributed by atoms with Crippen molar-refractivity contribution in [3.05, 3.63) is 77.1 Å². The first-order valence-electron chi connectivity index (χ1n) is 19.0. The van der Waals surface area contributed by atoms with Crippen molar-refractivity contribution in [1.29, 1.82) is 5.26 Å². The number of nitrogens with one attached hydrogen (secondary N) is 2. The zero-order chi connectivity index (χ0) is 37.2. The molecule has 0 unspecified atom stereocenters. The maximum atomic E-state index is 13.0. The van der Waals surface area contributed by atoms with Gasteiger partial charge >= 0.3 is 6.03 Å². The average Bonchev–Trinajstić information content (AvgIpc) is 3.64. The molecule has 2 aromatic heterocycles. The number of fused-ring (bicyclic) bond motifs is 1. The zero-order valence-corrected chi connectivity index (χ0v) is 30.9. The Hall–Kier alpha value is -5.19. The molecule has 0 bridgehead atoms. The Bertz CT molecular complexity index is 2060. The van der Waals surface area contributed by atoms with Gasteiger partial charge in [-0.3, -0.25) is 19.8 Å². The van der Waals surface area contributed by atoms with E-state index in [0.29, 0.717) is 47.1 Å². The maximum absolute atomic E-state index is 13.0. The minimum Gasteiger partial charge on any atom is -0.490 e. The molecule has 54 heavy (non-hydrogen) atoms. The van der Waals surface area contributed by atoms with Gasteiger partial charge in [0.1, 0.15) is 11.8 Å². The van der Waals surface area contributed by atoms with Gasteiger partial charge in [-0.25, -0.2) is 4.79 Å². The highest BCUT2D eigenvalue weighted by Gasteiger charge is 2.31. The first-order valence-corrected chi connectivity index (χ1v) is 19.4. The molecule has 0 atom stereocenters. The Labute approximate surface area is 319 Å². The number of urea groups is 1. The van der Waals surface area contributed by atoms with Gasteiger partial charge in [0.2, 0.25) is 5.91 Å². The van der Waals surface area contributed by atoms with Gasteiger partial charge in [-0.1, -0.05) is 17.7 Å². The summed E-state index contributed by atoms with van der Waals surface area (Å²) in [6.07, 6.45) is 9.92. The summed E-state index contributed by atoms with van der Waals surface area (Å²) in [7, 11) is 0. The van der Waals surface area contributed by atoms with Crippen LogP contribution in [-0.4, -0.2) is 88.4 Å². The minimum atomic E-state index is -0.358. The summed E-state index contributed by atoms with van der Waals surface area (Å²) in [6, 6.07) is 19.6. The molecule has 4 amide bonds. The quantitative estimate of drug-likeness (QED) is 0.227. The van der Waals surface area contributed by atoms with Crippen LogP contribution in [0.4, 0.5) is 16.3 Å². The molecule has 1 aliphatic carbocycles. The van der Waals surface area contributed by atoms with Crippen LogP contribution in [-0.2, 0) is 4.79 Å². The second kappa shape index (κ2) is 15.7. The van der Waals surface area contributed by atoms with Gasteiger partial charge in [0, 0.05) is 74.9 Å².